The summed E-state index contributed by atoms with van der Waals surface area (Å²) in [6.45, 7) is 0.638. The third kappa shape index (κ3) is 4.99. The number of rotatable bonds is 7. The Hall–Kier alpha value is -2.49. The van der Waals surface area contributed by atoms with Crippen molar-refractivity contribution in [3.63, 3.8) is 0 Å². The molecule has 3 nitrogen and oxygen atoms in total. The Morgan fingerprint density at radius 3 is 1.84 bits per heavy atom. The van der Waals surface area contributed by atoms with Gasteiger partial charge in [0.2, 0.25) is 0 Å². The number of para-hydroxylation sites is 2. The molecule has 0 aromatic heterocycles. The van der Waals surface area contributed by atoms with E-state index >= 15 is 0 Å². The van der Waals surface area contributed by atoms with Crippen molar-refractivity contribution >= 4 is 23.0 Å². The second-order valence-electron chi connectivity index (χ2n) is 5.70. The van der Waals surface area contributed by atoms with Gasteiger partial charge in [-0.05, 0) is 48.5 Å². The number of hydrogen-bond donors (Lipinski definition) is 1. The highest BCUT2D eigenvalue weighted by molar-refractivity contribution is 6.30. The SMILES string of the molecule is OC(COc1ccc(Cl)cc1)CN(c1ccccc1)c1ccccc1. The number of ether oxygens (including phenoxy) is 1. The van der Waals surface area contributed by atoms with Crippen molar-refractivity contribution in [2.45, 2.75) is 6.10 Å². The van der Waals surface area contributed by atoms with E-state index in [1.54, 1.807) is 24.3 Å². The first-order valence-electron chi connectivity index (χ1n) is 8.16. The maximum atomic E-state index is 10.5. The highest BCUT2D eigenvalue weighted by atomic mass is 35.5. The third-order valence-electron chi connectivity index (χ3n) is 3.79. The number of aliphatic hydroxyl groups excluding tert-OH is 1. The number of aliphatic hydroxyl groups is 1. The van der Waals surface area contributed by atoms with E-state index < -0.39 is 6.10 Å². The number of hydrogen-bond acceptors (Lipinski definition) is 3. The predicted octanol–water partition coefficient (Wildman–Crippen LogP) is 4.92. The molecule has 0 heterocycles. The van der Waals surface area contributed by atoms with Crippen LogP contribution in [0.5, 0.6) is 5.75 Å². The van der Waals surface area contributed by atoms with Gasteiger partial charge >= 0.3 is 0 Å². The zero-order valence-electron chi connectivity index (χ0n) is 13.8. The first kappa shape index (κ1) is 17.3. The molecule has 0 amide bonds. The lowest BCUT2D eigenvalue weighted by Crippen LogP contribution is -2.32. The molecule has 3 rings (SSSR count). The van der Waals surface area contributed by atoms with Crippen molar-refractivity contribution in [3.8, 4) is 5.75 Å². The van der Waals surface area contributed by atoms with Gasteiger partial charge < -0.3 is 14.7 Å². The summed E-state index contributed by atoms with van der Waals surface area (Å²) in [4.78, 5) is 2.08. The Labute approximate surface area is 153 Å². The quantitative estimate of drug-likeness (QED) is 0.654. The second-order valence-corrected chi connectivity index (χ2v) is 6.14. The summed E-state index contributed by atoms with van der Waals surface area (Å²) < 4.78 is 5.66. The third-order valence-corrected chi connectivity index (χ3v) is 4.04. The van der Waals surface area contributed by atoms with Gasteiger partial charge in [0, 0.05) is 16.4 Å². The zero-order chi connectivity index (χ0) is 17.5. The molecule has 128 valence electrons. The van der Waals surface area contributed by atoms with Crippen LogP contribution in [0.3, 0.4) is 0 Å². The molecule has 25 heavy (non-hydrogen) atoms. The van der Waals surface area contributed by atoms with Crippen LogP contribution >= 0.6 is 11.6 Å². The molecule has 0 aliphatic heterocycles. The maximum Gasteiger partial charge on any atom is 0.119 e. The standard InChI is InChI=1S/C21H20ClNO2/c22-17-11-13-21(14-12-17)25-16-20(24)15-23(18-7-3-1-4-8-18)19-9-5-2-6-10-19/h1-14,20,24H,15-16H2. The average Bonchev–Trinajstić information content (AvgIpc) is 2.67. The first-order chi connectivity index (χ1) is 12.2. The van der Waals surface area contributed by atoms with Gasteiger partial charge in [0.1, 0.15) is 18.5 Å². The van der Waals surface area contributed by atoms with Crippen molar-refractivity contribution in [2.24, 2.45) is 0 Å². The first-order valence-corrected chi connectivity index (χ1v) is 8.54. The van der Waals surface area contributed by atoms with Gasteiger partial charge in [0.25, 0.3) is 0 Å². The van der Waals surface area contributed by atoms with Crippen LogP contribution < -0.4 is 9.64 Å². The normalized spacial score (nSPS) is 11.8. The minimum Gasteiger partial charge on any atom is -0.491 e. The molecule has 0 fully saturated rings. The van der Waals surface area contributed by atoms with Crippen LogP contribution in [0.15, 0.2) is 84.9 Å². The molecule has 3 aromatic rings. The minimum absolute atomic E-state index is 0.206. The van der Waals surface area contributed by atoms with Gasteiger partial charge in [-0.25, -0.2) is 0 Å². The van der Waals surface area contributed by atoms with Crippen LogP contribution in [-0.4, -0.2) is 24.4 Å². The Morgan fingerprint density at radius 2 is 1.32 bits per heavy atom. The van der Waals surface area contributed by atoms with Crippen molar-refractivity contribution in [1.29, 1.82) is 0 Å². The summed E-state index contributed by atoms with van der Waals surface area (Å²) in [5, 5.41) is 11.1. The van der Waals surface area contributed by atoms with Crippen LogP contribution in [0.1, 0.15) is 0 Å². The summed E-state index contributed by atoms with van der Waals surface area (Å²) in [6, 6.07) is 27.1. The van der Waals surface area contributed by atoms with Gasteiger partial charge in [0.15, 0.2) is 0 Å². The van der Waals surface area contributed by atoms with E-state index in [1.165, 1.54) is 0 Å². The predicted molar refractivity (Wildman–Crippen MR) is 103 cm³/mol. The van der Waals surface area contributed by atoms with Crippen LogP contribution in [0, 0.1) is 0 Å². The van der Waals surface area contributed by atoms with E-state index in [9.17, 15) is 5.11 Å². The van der Waals surface area contributed by atoms with Crippen LogP contribution in [0.25, 0.3) is 0 Å². The molecule has 0 saturated carbocycles. The van der Waals surface area contributed by atoms with Crippen molar-refractivity contribution in [2.75, 3.05) is 18.1 Å². The molecule has 3 aromatic carbocycles. The summed E-state index contributed by atoms with van der Waals surface area (Å²) in [5.74, 6) is 0.689. The highest BCUT2D eigenvalue weighted by Gasteiger charge is 2.15. The van der Waals surface area contributed by atoms with Crippen LogP contribution in [0.2, 0.25) is 5.02 Å². The Morgan fingerprint density at radius 1 is 0.800 bits per heavy atom. The Balaban J connectivity index is 1.68. The molecule has 4 heteroatoms. The van der Waals surface area contributed by atoms with E-state index in [4.69, 9.17) is 16.3 Å². The number of halogens is 1. The minimum atomic E-state index is -0.643. The molecular formula is C21H20ClNO2. The fourth-order valence-electron chi connectivity index (χ4n) is 2.56. The molecule has 0 spiro atoms. The molecule has 0 aliphatic rings. The molecule has 1 atom stereocenters. The fraction of sp³-hybridized carbons (Fsp3) is 0.143. The van der Waals surface area contributed by atoms with Gasteiger partial charge in [0.05, 0.1) is 6.54 Å². The highest BCUT2D eigenvalue weighted by Crippen LogP contribution is 2.25. The zero-order valence-corrected chi connectivity index (χ0v) is 14.5. The van der Waals surface area contributed by atoms with Crippen molar-refractivity contribution in [1.82, 2.24) is 0 Å². The summed E-state index contributed by atoms with van der Waals surface area (Å²) in [5.41, 5.74) is 2.05. The second kappa shape index (κ2) is 8.56. The van der Waals surface area contributed by atoms with E-state index in [2.05, 4.69) is 4.90 Å². The molecule has 0 saturated heterocycles. The van der Waals surface area contributed by atoms with E-state index in [0.29, 0.717) is 17.3 Å². The summed E-state index contributed by atoms with van der Waals surface area (Å²) in [6.07, 6.45) is -0.643. The average molecular weight is 354 g/mol. The molecular weight excluding hydrogens is 334 g/mol. The Kier molecular flexibility index (Phi) is 5.94. The van der Waals surface area contributed by atoms with Gasteiger partial charge in [-0.1, -0.05) is 48.0 Å². The lowest BCUT2D eigenvalue weighted by Gasteiger charge is -2.27. The summed E-state index contributed by atoms with van der Waals surface area (Å²) in [7, 11) is 0. The fourth-order valence-corrected chi connectivity index (χ4v) is 2.69. The molecule has 1 unspecified atom stereocenters. The van der Waals surface area contributed by atoms with E-state index in [-0.39, 0.29) is 6.61 Å². The van der Waals surface area contributed by atoms with E-state index in [1.807, 2.05) is 60.7 Å². The summed E-state index contributed by atoms with van der Waals surface area (Å²) >= 11 is 5.87. The largest absolute Gasteiger partial charge is 0.491 e. The van der Waals surface area contributed by atoms with Crippen molar-refractivity contribution in [3.05, 3.63) is 90.0 Å². The number of benzene rings is 3. The molecule has 0 radical (unpaired) electrons. The number of nitrogens with zero attached hydrogens (tertiary/aromatic N) is 1. The maximum absolute atomic E-state index is 10.5. The topological polar surface area (TPSA) is 32.7 Å². The lowest BCUT2D eigenvalue weighted by molar-refractivity contribution is 0.114. The smallest absolute Gasteiger partial charge is 0.119 e. The van der Waals surface area contributed by atoms with Gasteiger partial charge in [-0.2, -0.15) is 0 Å². The lowest BCUT2D eigenvalue weighted by atomic mass is 10.2. The molecule has 1 N–H and O–H groups in total. The van der Waals surface area contributed by atoms with Crippen LogP contribution in [-0.2, 0) is 0 Å². The monoisotopic (exact) mass is 353 g/mol. The molecule has 0 bridgehead atoms. The van der Waals surface area contributed by atoms with Crippen LogP contribution in [0.4, 0.5) is 11.4 Å². The van der Waals surface area contributed by atoms with Crippen molar-refractivity contribution < 1.29 is 9.84 Å². The Bertz CT molecular complexity index is 723. The van der Waals surface area contributed by atoms with E-state index in [0.717, 1.165) is 11.4 Å². The molecule has 0 aliphatic carbocycles. The van der Waals surface area contributed by atoms with Gasteiger partial charge in [-0.15, -0.1) is 0 Å². The number of anilines is 2. The van der Waals surface area contributed by atoms with Gasteiger partial charge in [-0.3, -0.25) is 0 Å².